The second kappa shape index (κ2) is 41.5. The van der Waals surface area contributed by atoms with Gasteiger partial charge >= 0.3 is 0 Å². The monoisotopic (exact) mass is 1920 g/mol. The summed E-state index contributed by atoms with van der Waals surface area (Å²) < 4.78 is 0. The maximum absolute atomic E-state index is 2.46. The Labute approximate surface area is 881 Å². The van der Waals surface area contributed by atoms with Gasteiger partial charge in [0.15, 0.2) is 0 Å². The van der Waals surface area contributed by atoms with E-state index in [0.717, 1.165) is 70.6 Å². The summed E-state index contributed by atoms with van der Waals surface area (Å²) >= 11 is 0. The Morgan fingerprint density at radius 2 is 0.275 bits per heavy atom. The molecule has 11 aliphatic rings. The van der Waals surface area contributed by atoms with Crippen LogP contribution in [0.5, 0.6) is 0 Å². The average Bonchev–Trinajstić information content (AvgIpc) is 1.59. The van der Waals surface area contributed by atoms with E-state index in [-0.39, 0.29) is 0 Å². The van der Waals surface area contributed by atoms with Gasteiger partial charge in [0.1, 0.15) is 0 Å². The first kappa shape index (κ1) is 96.1. The normalized spacial score (nSPS) is 12.5. The van der Waals surface area contributed by atoms with E-state index in [2.05, 4.69) is 425 Å². The molecule has 0 amide bonds. The van der Waals surface area contributed by atoms with Gasteiger partial charge in [-0.15, -0.1) is 0 Å². The quantitative estimate of drug-likeness (QED) is 0.142. The molecule has 0 N–H and O–H groups in total. The molecule has 0 fully saturated rings. The lowest BCUT2D eigenvalue weighted by atomic mass is 9.95. The van der Waals surface area contributed by atoms with Gasteiger partial charge < -0.3 is 0 Å². The Hall–Kier alpha value is -16.4. The second-order valence-electron chi connectivity index (χ2n) is 39.7. The second-order valence-corrected chi connectivity index (χ2v) is 39.7. The Bertz CT molecular complexity index is 8770. The highest BCUT2D eigenvalue weighted by molar-refractivity contribution is 6.06. The Morgan fingerprint density at radius 3 is 0.591 bits per heavy atom. The third kappa shape index (κ3) is 17.0. The van der Waals surface area contributed by atoms with E-state index in [1.54, 1.807) is 0 Å². The number of rotatable bonds is 0. The molecule has 0 unspecified atom stereocenters. The molecule has 0 atom stereocenters. The van der Waals surface area contributed by atoms with E-state index in [1.165, 1.54) is 309 Å². The summed E-state index contributed by atoms with van der Waals surface area (Å²) in [6, 6.07) is 158. The van der Waals surface area contributed by atoms with Crippen molar-refractivity contribution < 1.29 is 0 Å². The highest BCUT2D eigenvalue weighted by atomic mass is 14.4. The van der Waals surface area contributed by atoms with Gasteiger partial charge in [0.25, 0.3) is 0 Å². The van der Waals surface area contributed by atoms with Gasteiger partial charge in [0, 0.05) is 0 Å². The van der Waals surface area contributed by atoms with E-state index in [9.17, 15) is 0 Å². The number of fused-ring (bicyclic) bond motifs is 44. The molecule has 0 saturated heterocycles. The highest BCUT2D eigenvalue weighted by Crippen LogP contribution is 2.54. The summed E-state index contributed by atoms with van der Waals surface area (Å²) in [5.41, 5.74) is 64.2. The molecular formula is C149H128. The van der Waals surface area contributed by atoms with Crippen LogP contribution < -0.4 is 0 Å². The van der Waals surface area contributed by atoms with Crippen LogP contribution >= 0.6 is 0 Å². The number of hydrogen-bond donors (Lipinski definition) is 0. The molecule has 0 heteroatoms. The van der Waals surface area contributed by atoms with E-state index >= 15 is 0 Å². The van der Waals surface area contributed by atoms with Crippen LogP contribution in [0.15, 0.2) is 425 Å². The van der Waals surface area contributed by atoms with Gasteiger partial charge in [-0.25, -0.2) is 0 Å². The predicted octanol–water partition coefficient (Wildman–Crippen LogP) is 40.5. The van der Waals surface area contributed by atoms with E-state index in [1.807, 2.05) is 83.1 Å². The number of benzene rings is 23. The van der Waals surface area contributed by atoms with Gasteiger partial charge in [-0.3, -0.25) is 0 Å². The molecule has 34 rings (SSSR count). The van der Waals surface area contributed by atoms with Crippen molar-refractivity contribution in [1.82, 2.24) is 0 Å². The molecule has 0 spiro atoms. The predicted molar refractivity (Wildman–Crippen MR) is 642 cm³/mol. The zero-order chi connectivity index (χ0) is 102. The third-order valence-electron chi connectivity index (χ3n) is 32.2. The fourth-order valence-electron chi connectivity index (χ4n) is 25.8. The molecule has 0 aromatic heterocycles. The van der Waals surface area contributed by atoms with Crippen molar-refractivity contribution in [3.05, 3.63) is 547 Å². The third-order valence-corrected chi connectivity index (χ3v) is 32.2. The fraction of sp³-hybridized carbons (Fsp3) is 0.154. The zero-order valence-corrected chi connectivity index (χ0v) is 88.2. The largest absolute Gasteiger partial charge is 0.0683 e. The van der Waals surface area contributed by atoms with Crippen molar-refractivity contribution in [1.29, 1.82) is 0 Å². The van der Waals surface area contributed by atoms with Crippen LogP contribution in [0, 0.1) is 0 Å². The van der Waals surface area contributed by atoms with E-state index in [0.29, 0.717) is 0 Å². The van der Waals surface area contributed by atoms with Crippen molar-refractivity contribution in [2.24, 2.45) is 0 Å². The summed E-state index contributed by atoms with van der Waals surface area (Å²) in [5, 5.41) is 16.4. The van der Waals surface area contributed by atoms with Crippen LogP contribution in [-0.2, 0) is 70.6 Å². The minimum absolute atomic E-state index is 1.06. The molecule has 0 radical (unpaired) electrons. The van der Waals surface area contributed by atoms with Gasteiger partial charge in [0.05, 0.1) is 0 Å². The molecule has 11 aliphatic carbocycles. The summed E-state index contributed by atoms with van der Waals surface area (Å²) in [5.74, 6) is 0. The summed E-state index contributed by atoms with van der Waals surface area (Å²) in [6.45, 7) is 24.0. The Kier molecular flexibility index (Phi) is 26.8. The Balaban J connectivity index is 0.0000000964. The van der Waals surface area contributed by atoms with Crippen molar-refractivity contribution in [3.63, 3.8) is 0 Å². The van der Waals surface area contributed by atoms with Gasteiger partial charge in [-0.1, -0.05) is 441 Å². The van der Waals surface area contributed by atoms with Crippen LogP contribution in [0.25, 0.3) is 187 Å². The maximum atomic E-state index is 2.46. The van der Waals surface area contributed by atoms with Gasteiger partial charge in [-0.2, -0.15) is 0 Å². The Morgan fingerprint density at radius 1 is 0.101 bits per heavy atom. The smallest absolute Gasteiger partial charge is 0.000706 e. The molecule has 23 aromatic carbocycles. The lowest BCUT2D eigenvalue weighted by molar-refractivity contribution is 1.24. The summed E-state index contributed by atoms with van der Waals surface area (Å²) in [6.07, 6.45) is 11.7. The highest BCUT2D eigenvalue weighted by Gasteiger charge is 2.34. The lowest BCUT2D eigenvalue weighted by Gasteiger charge is -2.09. The summed E-state index contributed by atoms with van der Waals surface area (Å²) in [7, 11) is 0. The molecule has 149 heavy (non-hydrogen) atoms. The van der Waals surface area contributed by atoms with E-state index in [4.69, 9.17) is 0 Å². The molecule has 23 aromatic rings. The van der Waals surface area contributed by atoms with Crippen molar-refractivity contribution in [2.45, 2.75) is 154 Å². The SMILES string of the molecule is CC.CC.CC.CC.CC.CC.c1ccc2c(c1)Cc1c-2ccc2ccccc12.c1ccc2c(c1)Cc1cc3c(cc1-2)Cc1c-3ccc2ccccc12.c1ccc2c(c1)Cc1cc3c(cc1-2)Cc1c-3ccc2ccccc12.c1ccc2c(c1)Cc1cc3c(cc1-2)Cc1cc2ccccc2cc1-3.c1ccc2c(c1)Cc1cc3c(cc1-2)Cc1ccc2ccccc2c1-3.c1ccc2c(c1)Cc1cc3c(cc1-2)Cc1ccc2ccccc2c1-3. The first-order valence-electron chi connectivity index (χ1n) is 55.2. The molecule has 0 aliphatic heterocycles. The zero-order valence-electron chi connectivity index (χ0n) is 88.2. The summed E-state index contributed by atoms with van der Waals surface area (Å²) in [4.78, 5) is 0. The first-order chi connectivity index (χ1) is 73.8. The number of hydrogen-bond acceptors (Lipinski definition) is 0. The van der Waals surface area contributed by atoms with Crippen LogP contribution in [0.1, 0.15) is 205 Å². The van der Waals surface area contributed by atoms with Crippen LogP contribution in [0.4, 0.5) is 0 Å². The van der Waals surface area contributed by atoms with Crippen LogP contribution in [0.2, 0.25) is 0 Å². The molecular weight excluding hydrogens is 1790 g/mol. The lowest BCUT2D eigenvalue weighted by Crippen LogP contribution is -1.86. The maximum Gasteiger partial charge on any atom is -0.000706 e. The standard InChI is InChI=1S/5C24H16.C17H12.6C2H6/c2*1-4-8-21-15(5-1)9-10-17-12-19-13-22-18(14-23(19)24(17)21)11-16-6-2-3-7-20(16)22;2*1-3-7-19-15(5-1)9-10-21-23-12-17-11-16-6-2-4-8-20(16)22(17)13-18(23)14-24(19)21;1-2-6-16-12-23-18(9-15(16)5-1)11-20-13-22-19(14-24(20)23)10-17-7-3-4-8-21(17)22;1-3-7-14-12(5-1)9-10-16-15-8-4-2-6-13(15)11-17(14)16;6*1-2/h2*1-10,13-14H,11-12H2;2*1-10,12-13H,11,14H2;1-9,12-14H,10-11H2;1-10H,11H2;6*1-2H3. The first-order valence-corrected chi connectivity index (χ1v) is 55.2. The molecule has 0 nitrogen and oxygen atoms in total. The van der Waals surface area contributed by atoms with Crippen molar-refractivity contribution in [2.75, 3.05) is 0 Å². The average molecular weight is 1920 g/mol. The minimum Gasteiger partial charge on any atom is -0.0683 e. The topological polar surface area (TPSA) is 0 Å². The molecule has 0 saturated carbocycles. The minimum atomic E-state index is 1.06. The molecule has 724 valence electrons. The molecule has 0 heterocycles. The molecule has 0 bridgehead atoms. The van der Waals surface area contributed by atoms with Gasteiger partial charge in [-0.05, 0) is 447 Å². The van der Waals surface area contributed by atoms with Gasteiger partial charge in [0.2, 0.25) is 0 Å². The van der Waals surface area contributed by atoms with Crippen LogP contribution in [-0.4, -0.2) is 0 Å². The van der Waals surface area contributed by atoms with Crippen molar-refractivity contribution in [3.8, 4) is 122 Å². The van der Waals surface area contributed by atoms with E-state index < -0.39 is 0 Å². The van der Waals surface area contributed by atoms with Crippen molar-refractivity contribution >= 4 is 64.6 Å². The van der Waals surface area contributed by atoms with Crippen LogP contribution in [0.3, 0.4) is 0 Å². The fourth-order valence-corrected chi connectivity index (χ4v) is 25.8.